The topological polar surface area (TPSA) is 16.4 Å². The monoisotopic (exact) mass is 915 g/mol. The molecule has 0 saturated heterocycles. The number of hydrogen-bond donors (Lipinski definition) is 0. The van der Waals surface area contributed by atoms with Crippen LogP contribution in [0.3, 0.4) is 0 Å². The quantitative estimate of drug-likeness (QED) is 0.141. The Kier molecular flexibility index (Phi) is 9.89. The molecule has 0 bridgehead atoms. The van der Waals surface area contributed by atoms with Gasteiger partial charge < -0.3 is 9.32 Å². The molecule has 0 amide bonds. The van der Waals surface area contributed by atoms with E-state index in [1.54, 1.807) is 0 Å². The van der Waals surface area contributed by atoms with Crippen molar-refractivity contribution in [2.45, 2.75) is 0 Å². The van der Waals surface area contributed by atoms with E-state index in [0.29, 0.717) is 0 Å². The van der Waals surface area contributed by atoms with Crippen molar-refractivity contribution < 1.29 is 4.42 Å². The standard InChI is InChI=1S/C70H45NO/c1-3-18-48(19-4-1)68-64-29-10-9-27-60(64)62-42-38-51(45-66(62)69(68)49-20-5-2-6-21-49)50-22-13-24-54(43-50)71(55-25-14-23-52(44-55)58-31-16-33-65-63-28-11-12-34-67(63)72-70(58)65)53-39-35-47(36-40-53)57-30-15-32-59-56-26-8-7-17-46(56)37-41-61(57)59/h1-45H. The number of hydrogen-bond acceptors (Lipinski definition) is 2. The number of benzene rings is 13. The van der Waals surface area contributed by atoms with Gasteiger partial charge in [-0.3, -0.25) is 0 Å². The molecule has 1 heterocycles. The van der Waals surface area contributed by atoms with E-state index in [2.05, 4.69) is 272 Å². The Hall–Kier alpha value is -9.50. The van der Waals surface area contributed by atoms with Gasteiger partial charge in [0, 0.05) is 33.4 Å². The van der Waals surface area contributed by atoms with Gasteiger partial charge in [-0.2, -0.15) is 0 Å². The van der Waals surface area contributed by atoms with E-state index in [4.69, 9.17) is 4.42 Å². The van der Waals surface area contributed by atoms with Crippen LogP contribution < -0.4 is 4.90 Å². The molecular weight excluding hydrogens is 871 g/mol. The Bertz CT molecular complexity index is 4380. The van der Waals surface area contributed by atoms with E-state index >= 15 is 0 Å². The second-order valence-corrected chi connectivity index (χ2v) is 18.7. The van der Waals surface area contributed by atoms with Crippen LogP contribution in [0.5, 0.6) is 0 Å². The molecule has 0 aliphatic rings. The van der Waals surface area contributed by atoms with Crippen molar-refractivity contribution in [2.24, 2.45) is 0 Å². The van der Waals surface area contributed by atoms with Crippen molar-refractivity contribution in [1.82, 2.24) is 0 Å². The van der Waals surface area contributed by atoms with Gasteiger partial charge in [-0.05, 0) is 142 Å². The summed E-state index contributed by atoms with van der Waals surface area (Å²) in [5, 5.41) is 12.2. The summed E-state index contributed by atoms with van der Waals surface area (Å²) >= 11 is 0. The van der Waals surface area contributed by atoms with Gasteiger partial charge in [0.1, 0.15) is 11.2 Å². The van der Waals surface area contributed by atoms with Crippen LogP contribution in [0.25, 0.3) is 121 Å². The fourth-order valence-electron chi connectivity index (χ4n) is 11.3. The molecule has 0 aliphatic carbocycles. The summed E-state index contributed by atoms with van der Waals surface area (Å²) in [5.74, 6) is 0. The van der Waals surface area contributed by atoms with Crippen LogP contribution in [-0.4, -0.2) is 0 Å². The van der Waals surface area contributed by atoms with Crippen molar-refractivity contribution in [3.8, 4) is 55.6 Å². The zero-order chi connectivity index (χ0) is 47.5. The highest BCUT2D eigenvalue weighted by Crippen LogP contribution is 2.47. The number of para-hydroxylation sites is 2. The van der Waals surface area contributed by atoms with E-state index in [9.17, 15) is 0 Å². The van der Waals surface area contributed by atoms with Crippen LogP contribution in [0.2, 0.25) is 0 Å². The van der Waals surface area contributed by atoms with Gasteiger partial charge >= 0.3 is 0 Å². The first-order valence-electron chi connectivity index (χ1n) is 24.7. The maximum atomic E-state index is 6.59. The highest BCUT2D eigenvalue weighted by atomic mass is 16.3. The minimum absolute atomic E-state index is 0.892. The average molecular weight is 916 g/mol. The van der Waals surface area contributed by atoms with E-state index in [0.717, 1.165) is 61.3 Å². The number of furan rings is 1. The average Bonchev–Trinajstić information content (AvgIpc) is 3.84. The molecule has 14 rings (SSSR count). The Balaban J connectivity index is 0.941. The molecule has 0 radical (unpaired) electrons. The molecule has 72 heavy (non-hydrogen) atoms. The van der Waals surface area contributed by atoms with Gasteiger partial charge in [-0.15, -0.1) is 0 Å². The first-order chi connectivity index (χ1) is 35.7. The fourth-order valence-corrected chi connectivity index (χ4v) is 11.3. The largest absolute Gasteiger partial charge is 0.455 e. The molecule has 0 N–H and O–H groups in total. The van der Waals surface area contributed by atoms with Crippen molar-refractivity contribution in [1.29, 1.82) is 0 Å². The van der Waals surface area contributed by atoms with E-state index in [-0.39, 0.29) is 0 Å². The third kappa shape index (κ3) is 6.95. The van der Waals surface area contributed by atoms with Gasteiger partial charge in [0.05, 0.1) is 0 Å². The van der Waals surface area contributed by atoms with Crippen molar-refractivity contribution >= 4 is 82.1 Å². The number of fused-ring (bicyclic) bond motifs is 9. The van der Waals surface area contributed by atoms with Crippen molar-refractivity contribution in [3.05, 3.63) is 273 Å². The molecule has 1 aromatic heterocycles. The lowest BCUT2D eigenvalue weighted by Gasteiger charge is -2.27. The van der Waals surface area contributed by atoms with Gasteiger partial charge in [0.15, 0.2) is 0 Å². The SMILES string of the molecule is c1ccc(-c2c(-c3ccccc3)c3cc(-c4cccc(N(c5ccc(-c6cccc7c6ccc6ccccc67)cc5)c5cccc(-c6cccc7c6oc6ccccc67)c5)c4)ccc3c3ccccc23)cc1. The lowest BCUT2D eigenvalue weighted by atomic mass is 9.84. The molecule has 0 aliphatic heterocycles. The summed E-state index contributed by atoms with van der Waals surface area (Å²) in [7, 11) is 0. The van der Waals surface area contributed by atoms with Gasteiger partial charge in [-0.1, -0.05) is 224 Å². The van der Waals surface area contributed by atoms with Crippen LogP contribution in [0.4, 0.5) is 17.1 Å². The summed E-state index contributed by atoms with van der Waals surface area (Å²) in [4.78, 5) is 2.39. The molecule has 0 spiro atoms. The van der Waals surface area contributed by atoms with Crippen LogP contribution in [0, 0.1) is 0 Å². The summed E-state index contributed by atoms with van der Waals surface area (Å²) in [6, 6.07) is 99.3. The summed E-state index contributed by atoms with van der Waals surface area (Å²) in [5.41, 5.74) is 16.7. The second kappa shape index (κ2) is 17.2. The summed E-state index contributed by atoms with van der Waals surface area (Å²) < 4.78 is 6.59. The van der Waals surface area contributed by atoms with E-state index in [1.807, 2.05) is 6.07 Å². The van der Waals surface area contributed by atoms with Gasteiger partial charge in [0.2, 0.25) is 0 Å². The molecule has 336 valence electrons. The highest BCUT2D eigenvalue weighted by Gasteiger charge is 2.21. The molecule has 2 nitrogen and oxygen atoms in total. The Morgan fingerprint density at radius 2 is 0.736 bits per heavy atom. The molecule has 0 atom stereocenters. The normalized spacial score (nSPS) is 11.6. The van der Waals surface area contributed by atoms with Crippen LogP contribution >= 0.6 is 0 Å². The minimum Gasteiger partial charge on any atom is -0.455 e. The predicted molar refractivity (Wildman–Crippen MR) is 306 cm³/mol. The Labute approximate surface area is 417 Å². The molecular formula is C70H45NO. The third-order valence-corrected chi connectivity index (χ3v) is 14.6. The number of rotatable bonds is 8. The lowest BCUT2D eigenvalue weighted by Crippen LogP contribution is -2.10. The zero-order valence-corrected chi connectivity index (χ0v) is 39.3. The Morgan fingerprint density at radius 1 is 0.236 bits per heavy atom. The second-order valence-electron chi connectivity index (χ2n) is 18.7. The fraction of sp³-hybridized carbons (Fsp3) is 0. The highest BCUT2D eigenvalue weighted by molar-refractivity contribution is 6.22. The molecule has 0 saturated carbocycles. The first kappa shape index (κ1) is 41.5. The molecule has 2 heteroatoms. The van der Waals surface area contributed by atoms with Gasteiger partial charge in [0.25, 0.3) is 0 Å². The molecule has 0 unspecified atom stereocenters. The maximum absolute atomic E-state index is 6.59. The van der Waals surface area contributed by atoms with E-state index in [1.165, 1.54) is 76.5 Å². The van der Waals surface area contributed by atoms with Crippen LogP contribution in [-0.2, 0) is 0 Å². The van der Waals surface area contributed by atoms with Crippen LogP contribution in [0.1, 0.15) is 0 Å². The maximum Gasteiger partial charge on any atom is 0.143 e. The number of nitrogens with zero attached hydrogens (tertiary/aromatic N) is 1. The molecule has 13 aromatic carbocycles. The predicted octanol–water partition coefficient (Wildman–Crippen LogP) is 20.0. The zero-order valence-electron chi connectivity index (χ0n) is 39.3. The third-order valence-electron chi connectivity index (χ3n) is 14.6. The minimum atomic E-state index is 0.892. The first-order valence-corrected chi connectivity index (χ1v) is 24.7. The smallest absolute Gasteiger partial charge is 0.143 e. The van der Waals surface area contributed by atoms with Crippen molar-refractivity contribution in [3.63, 3.8) is 0 Å². The number of anilines is 3. The van der Waals surface area contributed by atoms with Crippen molar-refractivity contribution in [2.75, 3.05) is 4.90 Å². The van der Waals surface area contributed by atoms with Crippen LogP contribution in [0.15, 0.2) is 277 Å². The summed E-state index contributed by atoms with van der Waals surface area (Å²) in [6.45, 7) is 0. The Morgan fingerprint density at radius 3 is 1.50 bits per heavy atom. The lowest BCUT2D eigenvalue weighted by molar-refractivity contribution is 0.670. The summed E-state index contributed by atoms with van der Waals surface area (Å²) in [6.07, 6.45) is 0. The van der Waals surface area contributed by atoms with E-state index < -0.39 is 0 Å². The molecule has 14 aromatic rings. The molecule has 0 fully saturated rings. The van der Waals surface area contributed by atoms with Gasteiger partial charge in [-0.25, -0.2) is 0 Å².